The lowest BCUT2D eigenvalue weighted by Gasteiger charge is -2.13. The first kappa shape index (κ1) is 19.3. The van der Waals surface area contributed by atoms with Gasteiger partial charge in [0, 0.05) is 11.4 Å². The van der Waals surface area contributed by atoms with Gasteiger partial charge < -0.3 is 15.4 Å². The van der Waals surface area contributed by atoms with Crippen molar-refractivity contribution in [1.82, 2.24) is 0 Å². The average Bonchev–Trinajstić information content (AvgIpc) is 2.80. The number of amides is 1. The summed E-state index contributed by atoms with van der Waals surface area (Å²) in [5, 5.41) is 6.25. The van der Waals surface area contributed by atoms with Crippen molar-refractivity contribution in [3.8, 4) is 5.75 Å². The van der Waals surface area contributed by atoms with E-state index < -0.39 is 0 Å². The largest absolute Gasteiger partial charge is 0.489 e. The van der Waals surface area contributed by atoms with Crippen molar-refractivity contribution in [2.24, 2.45) is 0 Å². The maximum atomic E-state index is 12.8. The van der Waals surface area contributed by atoms with Crippen molar-refractivity contribution in [1.29, 1.82) is 0 Å². The zero-order chi connectivity index (χ0) is 20.6. The third-order valence-electron chi connectivity index (χ3n) is 4.58. The van der Waals surface area contributed by atoms with E-state index in [0.717, 1.165) is 22.7 Å². The summed E-state index contributed by atoms with van der Waals surface area (Å²) >= 11 is 0. The van der Waals surface area contributed by atoms with Crippen LogP contribution in [-0.2, 0) is 6.61 Å². The van der Waals surface area contributed by atoms with Gasteiger partial charge in [-0.3, -0.25) is 4.79 Å². The van der Waals surface area contributed by atoms with Crippen LogP contribution >= 0.6 is 0 Å². The monoisotopic (exact) mass is 394 g/mol. The van der Waals surface area contributed by atoms with Gasteiger partial charge in [0.05, 0.1) is 11.3 Å². The summed E-state index contributed by atoms with van der Waals surface area (Å²) in [4.78, 5) is 12.8. The van der Waals surface area contributed by atoms with Crippen LogP contribution in [-0.4, -0.2) is 5.91 Å². The van der Waals surface area contributed by atoms with Crippen molar-refractivity contribution in [3.63, 3.8) is 0 Å². The van der Waals surface area contributed by atoms with E-state index in [2.05, 4.69) is 10.6 Å². The standard InChI is InChI=1S/C26H22N2O2/c29-26(24-13-7-8-14-25(24)27-21-11-5-2-6-12-21)28-22-15-17-23(18-16-22)30-19-20-9-3-1-4-10-20/h1-18,27H,19H2,(H,28,29). The average molecular weight is 394 g/mol. The van der Waals surface area contributed by atoms with Gasteiger partial charge in [0.15, 0.2) is 0 Å². The van der Waals surface area contributed by atoms with E-state index in [9.17, 15) is 4.79 Å². The molecule has 0 spiro atoms. The molecular weight excluding hydrogens is 372 g/mol. The molecule has 0 atom stereocenters. The third kappa shape index (κ3) is 5.06. The Kier molecular flexibility index (Phi) is 6.06. The molecule has 4 aromatic rings. The van der Waals surface area contributed by atoms with E-state index in [0.29, 0.717) is 17.9 Å². The van der Waals surface area contributed by atoms with Crippen molar-refractivity contribution in [3.05, 3.63) is 120 Å². The number of nitrogens with one attached hydrogen (secondary N) is 2. The quantitative estimate of drug-likeness (QED) is 0.389. The van der Waals surface area contributed by atoms with Crippen molar-refractivity contribution < 1.29 is 9.53 Å². The number of ether oxygens (including phenoxy) is 1. The number of para-hydroxylation sites is 2. The van der Waals surface area contributed by atoms with Gasteiger partial charge >= 0.3 is 0 Å². The van der Waals surface area contributed by atoms with Crippen LogP contribution in [0.4, 0.5) is 17.1 Å². The van der Waals surface area contributed by atoms with E-state index in [1.54, 1.807) is 6.07 Å². The maximum absolute atomic E-state index is 12.8. The summed E-state index contributed by atoms with van der Waals surface area (Å²) in [5.74, 6) is 0.579. The summed E-state index contributed by atoms with van der Waals surface area (Å²) in [6.45, 7) is 0.505. The second kappa shape index (κ2) is 9.43. The lowest BCUT2D eigenvalue weighted by atomic mass is 10.1. The molecule has 0 aliphatic rings. The molecule has 0 unspecified atom stereocenters. The highest BCUT2D eigenvalue weighted by Crippen LogP contribution is 2.23. The van der Waals surface area contributed by atoms with Gasteiger partial charge in [-0.05, 0) is 54.1 Å². The van der Waals surface area contributed by atoms with Gasteiger partial charge in [-0.1, -0.05) is 60.7 Å². The molecule has 0 saturated heterocycles. The van der Waals surface area contributed by atoms with Gasteiger partial charge in [0.1, 0.15) is 12.4 Å². The minimum Gasteiger partial charge on any atom is -0.489 e. The predicted octanol–water partition coefficient (Wildman–Crippen LogP) is 6.26. The molecule has 0 radical (unpaired) electrons. The number of benzene rings is 4. The Morgan fingerprint density at radius 3 is 2.03 bits per heavy atom. The molecule has 4 heteroatoms. The molecule has 4 nitrogen and oxygen atoms in total. The van der Waals surface area contributed by atoms with Crippen LogP contribution in [0.5, 0.6) is 5.75 Å². The summed E-state index contributed by atoms with van der Waals surface area (Å²) in [7, 11) is 0. The number of hydrogen-bond donors (Lipinski definition) is 2. The van der Waals surface area contributed by atoms with E-state index in [-0.39, 0.29) is 5.91 Å². The Morgan fingerprint density at radius 2 is 1.30 bits per heavy atom. The Hall–Kier alpha value is -4.05. The van der Waals surface area contributed by atoms with Crippen molar-refractivity contribution in [2.45, 2.75) is 6.61 Å². The lowest BCUT2D eigenvalue weighted by molar-refractivity contribution is 0.102. The molecule has 1 amide bonds. The summed E-state index contributed by atoms with van der Waals surface area (Å²) in [6, 6.07) is 34.6. The van der Waals surface area contributed by atoms with E-state index >= 15 is 0 Å². The Morgan fingerprint density at radius 1 is 0.667 bits per heavy atom. The fourth-order valence-electron chi connectivity index (χ4n) is 3.04. The Balaban J connectivity index is 1.40. The van der Waals surface area contributed by atoms with Crippen LogP contribution in [0.1, 0.15) is 15.9 Å². The first-order chi connectivity index (χ1) is 14.8. The molecule has 0 bridgehead atoms. The van der Waals surface area contributed by atoms with E-state index in [1.165, 1.54) is 0 Å². The van der Waals surface area contributed by atoms with Gasteiger partial charge in [-0.15, -0.1) is 0 Å². The van der Waals surface area contributed by atoms with Gasteiger partial charge in [-0.25, -0.2) is 0 Å². The molecule has 0 aliphatic heterocycles. The molecule has 4 aromatic carbocycles. The topological polar surface area (TPSA) is 50.4 Å². The SMILES string of the molecule is O=C(Nc1ccc(OCc2ccccc2)cc1)c1ccccc1Nc1ccccc1. The molecule has 0 fully saturated rings. The zero-order valence-corrected chi connectivity index (χ0v) is 16.4. The summed E-state index contributed by atoms with van der Waals surface area (Å²) in [5.41, 5.74) is 4.08. The molecule has 0 aliphatic carbocycles. The zero-order valence-electron chi connectivity index (χ0n) is 16.4. The molecule has 0 aromatic heterocycles. The van der Waals surface area contributed by atoms with Crippen LogP contribution in [0, 0.1) is 0 Å². The lowest BCUT2D eigenvalue weighted by Crippen LogP contribution is -2.13. The van der Waals surface area contributed by atoms with Gasteiger partial charge in [-0.2, -0.15) is 0 Å². The van der Waals surface area contributed by atoms with Crippen LogP contribution in [0.15, 0.2) is 109 Å². The van der Waals surface area contributed by atoms with Crippen LogP contribution in [0.2, 0.25) is 0 Å². The summed E-state index contributed by atoms with van der Waals surface area (Å²) in [6.07, 6.45) is 0. The first-order valence-corrected chi connectivity index (χ1v) is 9.77. The van der Waals surface area contributed by atoms with E-state index in [4.69, 9.17) is 4.74 Å². The Bertz CT molecular complexity index is 1090. The minimum absolute atomic E-state index is 0.174. The molecular formula is C26H22N2O2. The Labute approximate surface area is 176 Å². The van der Waals surface area contributed by atoms with Crippen LogP contribution in [0.3, 0.4) is 0 Å². The third-order valence-corrected chi connectivity index (χ3v) is 4.58. The fourth-order valence-corrected chi connectivity index (χ4v) is 3.04. The minimum atomic E-state index is -0.174. The number of rotatable bonds is 7. The molecule has 0 saturated carbocycles. The van der Waals surface area contributed by atoms with Gasteiger partial charge in [0.25, 0.3) is 5.91 Å². The van der Waals surface area contributed by atoms with E-state index in [1.807, 2.05) is 103 Å². The summed E-state index contributed by atoms with van der Waals surface area (Å²) < 4.78 is 5.80. The fraction of sp³-hybridized carbons (Fsp3) is 0.0385. The number of carbonyl (C=O) groups is 1. The maximum Gasteiger partial charge on any atom is 0.257 e. The number of anilines is 3. The van der Waals surface area contributed by atoms with Crippen molar-refractivity contribution in [2.75, 3.05) is 10.6 Å². The second-order valence-electron chi connectivity index (χ2n) is 6.79. The predicted molar refractivity (Wildman–Crippen MR) is 121 cm³/mol. The molecule has 2 N–H and O–H groups in total. The molecule has 0 heterocycles. The highest BCUT2D eigenvalue weighted by molar-refractivity contribution is 6.08. The van der Waals surface area contributed by atoms with Crippen molar-refractivity contribution >= 4 is 23.0 Å². The highest BCUT2D eigenvalue weighted by Gasteiger charge is 2.11. The first-order valence-electron chi connectivity index (χ1n) is 9.77. The van der Waals surface area contributed by atoms with Crippen LogP contribution < -0.4 is 15.4 Å². The number of carbonyl (C=O) groups excluding carboxylic acids is 1. The molecule has 148 valence electrons. The molecule has 4 rings (SSSR count). The smallest absolute Gasteiger partial charge is 0.257 e. The normalized spacial score (nSPS) is 10.3. The second-order valence-corrected chi connectivity index (χ2v) is 6.79. The van der Waals surface area contributed by atoms with Gasteiger partial charge in [0.2, 0.25) is 0 Å². The molecule has 30 heavy (non-hydrogen) atoms. The van der Waals surface area contributed by atoms with Crippen LogP contribution in [0.25, 0.3) is 0 Å². The highest BCUT2D eigenvalue weighted by atomic mass is 16.5. The number of hydrogen-bond acceptors (Lipinski definition) is 3.